The van der Waals surface area contributed by atoms with Crippen molar-refractivity contribution in [2.24, 2.45) is 0 Å². The maximum absolute atomic E-state index is 12.4. The topological polar surface area (TPSA) is 88.3 Å². The van der Waals surface area contributed by atoms with Crippen LogP contribution in [0.4, 0.5) is 0 Å². The molecule has 2 rings (SSSR count). The van der Waals surface area contributed by atoms with Crippen LogP contribution in [0, 0.1) is 6.92 Å². The van der Waals surface area contributed by atoms with Gasteiger partial charge in [-0.15, -0.1) is 0 Å². The van der Waals surface area contributed by atoms with Crippen molar-refractivity contribution in [3.8, 4) is 0 Å². The molecule has 1 atom stereocenters. The van der Waals surface area contributed by atoms with Gasteiger partial charge in [-0.25, -0.2) is 4.79 Å². The number of hydrogen-bond acceptors (Lipinski definition) is 4. The van der Waals surface area contributed by atoms with Crippen LogP contribution in [0.25, 0.3) is 0 Å². The van der Waals surface area contributed by atoms with Crippen LogP contribution in [0.5, 0.6) is 0 Å². The van der Waals surface area contributed by atoms with Gasteiger partial charge in [0.2, 0.25) is 5.91 Å². The van der Waals surface area contributed by atoms with Crippen LogP contribution in [0.3, 0.4) is 0 Å². The number of esters is 1. The number of methoxy groups -OCH3 is 1. The predicted octanol–water partition coefficient (Wildman–Crippen LogP) is 3.39. The lowest BCUT2D eigenvalue weighted by molar-refractivity contribution is -0.121. The third kappa shape index (κ3) is 4.14. The van der Waals surface area contributed by atoms with E-state index in [4.69, 9.17) is 16.3 Å². The van der Waals surface area contributed by atoms with Crippen molar-refractivity contribution in [2.75, 3.05) is 7.11 Å². The van der Waals surface area contributed by atoms with E-state index in [9.17, 15) is 14.4 Å². The minimum atomic E-state index is -0.590. The van der Waals surface area contributed by atoms with Gasteiger partial charge in [-0.05, 0) is 31.0 Å². The fourth-order valence-electron chi connectivity index (χ4n) is 2.88. The van der Waals surface area contributed by atoms with Gasteiger partial charge in [-0.1, -0.05) is 29.8 Å². The monoisotopic (exact) mass is 376 g/mol. The molecule has 0 aliphatic carbocycles. The fraction of sp³-hybridized carbons (Fsp3) is 0.316. The highest BCUT2D eigenvalue weighted by atomic mass is 35.5. The number of H-pyrrole nitrogens is 1. The zero-order chi connectivity index (χ0) is 19.4. The summed E-state index contributed by atoms with van der Waals surface area (Å²) in [6, 6.07) is 6.93. The van der Waals surface area contributed by atoms with Crippen molar-refractivity contribution in [2.45, 2.75) is 33.2 Å². The Morgan fingerprint density at radius 2 is 1.92 bits per heavy atom. The van der Waals surface area contributed by atoms with Gasteiger partial charge in [0.1, 0.15) is 0 Å². The molecule has 0 spiro atoms. The number of ketones is 1. The molecule has 26 heavy (non-hydrogen) atoms. The molecule has 1 aromatic heterocycles. The summed E-state index contributed by atoms with van der Waals surface area (Å²) >= 11 is 6.15. The highest BCUT2D eigenvalue weighted by molar-refractivity contribution is 6.31. The smallest absolute Gasteiger partial charge is 0.339 e. The average Bonchev–Trinajstić information content (AvgIpc) is 2.90. The number of benzene rings is 1. The second-order valence-corrected chi connectivity index (χ2v) is 6.42. The van der Waals surface area contributed by atoms with Crippen LogP contribution in [0.2, 0.25) is 5.02 Å². The van der Waals surface area contributed by atoms with Crippen molar-refractivity contribution in [1.29, 1.82) is 0 Å². The summed E-state index contributed by atoms with van der Waals surface area (Å²) in [5, 5.41) is 3.41. The molecule has 0 unspecified atom stereocenters. The van der Waals surface area contributed by atoms with E-state index in [-0.39, 0.29) is 29.7 Å². The number of amides is 1. The summed E-state index contributed by atoms with van der Waals surface area (Å²) in [5.74, 6) is -1.11. The number of nitrogens with one attached hydrogen (secondary N) is 2. The van der Waals surface area contributed by atoms with Crippen molar-refractivity contribution >= 4 is 29.3 Å². The molecule has 0 aliphatic heterocycles. The molecule has 0 saturated heterocycles. The van der Waals surface area contributed by atoms with Gasteiger partial charge in [0.15, 0.2) is 5.78 Å². The maximum Gasteiger partial charge on any atom is 0.339 e. The van der Waals surface area contributed by atoms with Gasteiger partial charge in [-0.2, -0.15) is 0 Å². The van der Waals surface area contributed by atoms with Crippen LogP contribution in [0.15, 0.2) is 24.3 Å². The molecular weight excluding hydrogens is 356 g/mol. The summed E-state index contributed by atoms with van der Waals surface area (Å²) in [6.45, 7) is 4.86. The first kappa shape index (κ1) is 19.7. The van der Waals surface area contributed by atoms with E-state index in [1.807, 2.05) is 25.1 Å². The Kier molecular flexibility index (Phi) is 6.21. The molecule has 2 N–H and O–H groups in total. The van der Waals surface area contributed by atoms with Crippen LogP contribution in [0.1, 0.15) is 57.6 Å². The highest BCUT2D eigenvalue weighted by Crippen LogP contribution is 2.23. The summed E-state index contributed by atoms with van der Waals surface area (Å²) < 4.78 is 4.78. The Balaban J connectivity index is 2.23. The molecule has 6 nitrogen and oxygen atoms in total. The first-order chi connectivity index (χ1) is 12.3. The molecule has 0 radical (unpaired) electrons. The Labute approximate surface area is 156 Å². The van der Waals surface area contributed by atoms with Crippen molar-refractivity contribution in [1.82, 2.24) is 10.3 Å². The number of hydrogen-bond donors (Lipinski definition) is 2. The molecule has 1 heterocycles. The Bertz CT molecular complexity index is 857. The largest absolute Gasteiger partial charge is 0.465 e. The molecule has 7 heteroatoms. The molecule has 0 bridgehead atoms. The van der Waals surface area contributed by atoms with Crippen LogP contribution < -0.4 is 5.32 Å². The Morgan fingerprint density at radius 1 is 1.27 bits per heavy atom. The van der Waals surface area contributed by atoms with Crippen molar-refractivity contribution in [3.05, 3.63) is 57.4 Å². The van der Waals surface area contributed by atoms with E-state index in [0.717, 1.165) is 5.56 Å². The van der Waals surface area contributed by atoms with Gasteiger partial charge in [0.25, 0.3) is 0 Å². The first-order valence-electron chi connectivity index (χ1n) is 8.10. The number of rotatable bonds is 6. The van der Waals surface area contributed by atoms with E-state index >= 15 is 0 Å². The number of halogens is 1. The predicted molar refractivity (Wildman–Crippen MR) is 98.6 cm³/mol. The average molecular weight is 377 g/mol. The lowest BCUT2D eigenvalue weighted by Gasteiger charge is -2.15. The third-order valence-electron chi connectivity index (χ3n) is 4.16. The maximum atomic E-state index is 12.4. The number of carbonyl (C=O) groups excluding carboxylic acids is 3. The van der Waals surface area contributed by atoms with Crippen molar-refractivity contribution in [3.63, 3.8) is 0 Å². The number of ether oxygens (including phenoxy) is 1. The van der Waals surface area contributed by atoms with Crippen LogP contribution in [-0.2, 0) is 16.0 Å². The van der Waals surface area contributed by atoms with Gasteiger partial charge in [0, 0.05) is 17.6 Å². The molecule has 0 aliphatic rings. The van der Waals surface area contributed by atoms with Crippen LogP contribution >= 0.6 is 11.6 Å². The SMILES string of the molecule is COC(=O)c1c(CC(=O)N[C@H](C)c2ccccc2Cl)[nH]c(C(C)=O)c1C. The summed E-state index contributed by atoms with van der Waals surface area (Å²) in [6.07, 6.45) is -0.0899. The second-order valence-electron chi connectivity index (χ2n) is 6.01. The van der Waals surface area contributed by atoms with Crippen LogP contribution in [-0.4, -0.2) is 29.8 Å². The quantitative estimate of drug-likeness (QED) is 0.597. The number of carbonyl (C=O) groups is 3. The summed E-state index contributed by atoms with van der Waals surface area (Å²) in [4.78, 5) is 39.1. The molecular formula is C19H21ClN2O4. The minimum Gasteiger partial charge on any atom is -0.465 e. The van der Waals surface area contributed by atoms with E-state index in [1.54, 1.807) is 13.0 Å². The van der Waals surface area contributed by atoms with Gasteiger partial charge >= 0.3 is 5.97 Å². The molecule has 0 fully saturated rings. The van der Waals surface area contributed by atoms with Gasteiger partial charge in [0.05, 0.1) is 30.8 Å². The molecule has 138 valence electrons. The first-order valence-corrected chi connectivity index (χ1v) is 8.48. The second kappa shape index (κ2) is 8.19. The zero-order valence-corrected chi connectivity index (χ0v) is 15.9. The highest BCUT2D eigenvalue weighted by Gasteiger charge is 2.24. The zero-order valence-electron chi connectivity index (χ0n) is 15.1. The van der Waals surface area contributed by atoms with E-state index in [0.29, 0.717) is 22.0 Å². The molecule has 1 aromatic carbocycles. The van der Waals surface area contributed by atoms with Gasteiger partial charge < -0.3 is 15.0 Å². The van der Waals surface area contributed by atoms with Gasteiger partial charge in [-0.3, -0.25) is 9.59 Å². The Morgan fingerprint density at radius 3 is 2.50 bits per heavy atom. The van der Waals surface area contributed by atoms with E-state index < -0.39 is 5.97 Å². The van der Waals surface area contributed by atoms with Crippen molar-refractivity contribution < 1.29 is 19.1 Å². The van der Waals surface area contributed by atoms with E-state index in [2.05, 4.69) is 10.3 Å². The standard InChI is InChI=1S/C19H21ClN2O4/c1-10-17(19(25)26-4)15(22-18(10)12(3)23)9-16(24)21-11(2)13-7-5-6-8-14(13)20/h5-8,11,22H,9H2,1-4H3,(H,21,24)/t11-/m1/s1. The molecule has 1 amide bonds. The summed E-state index contributed by atoms with van der Waals surface area (Å²) in [7, 11) is 1.26. The lowest BCUT2D eigenvalue weighted by atomic mass is 10.1. The minimum absolute atomic E-state index is 0.0899. The fourth-order valence-corrected chi connectivity index (χ4v) is 3.18. The number of aromatic nitrogens is 1. The molecule has 0 saturated carbocycles. The van der Waals surface area contributed by atoms with E-state index in [1.165, 1.54) is 14.0 Å². The third-order valence-corrected chi connectivity index (χ3v) is 4.50. The number of Topliss-reactive ketones (excluding diaryl/α,β-unsaturated/α-hetero) is 1. The lowest BCUT2D eigenvalue weighted by Crippen LogP contribution is -2.29. The summed E-state index contributed by atoms with van der Waals surface area (Å²) in [5.41, 5.74) is 2.14. The normalized spacial score (nSPS) is 11.7. The number of aromatic amines is 1. The Hall–Kier alpha value is -2.60. The molecule has 2 aromatic rings.